The molecule has 0 radical (unpaired) electrons. The highest BCUT2D eigenvalue weighted by molar-refractivity contribution is 5.90. The molecule has 1 fully saturated rings. The van der Waals surface area contributed by atoms with Crippen molar-refractivity contribution in [2.24, 2.45) is 5.92 Å². The molecular weight excluding hydrogens is 488 g/mol. The van der Waals surface area contributed by atoms with Gasteiger partial charge in [-0.25, -0.2) is 14.8 Å². The summed E-state index contributed by atoms with van der Waals surface area (Å²) in [7, 11) is 0. The first kappa shape index (κ1) is 24.1. The number of aromatic nitrogens is 2. The molecule has 0 spiro atoms. The van der Waals surface area contributed by atoms with E-state index in [9.17, 15) is 20.0 Å². The Bertz CT molecular complexity index is 1500. The third kappa shape index (κ3) is 4.37. The molecule has 4 atom stereocenters. The van der Waals surface area contributed by atoms with Crippen LogP contribution >= 0.6 is 0 Å². The van der Waals surface area contributed by atoms with Crippen molar-refractivity contribution in [3.8, 4) is 0 Å². The maximum Gasteiger partial charge on any atom is 0.338 e. The van der Waals surface area contributed by atoms with E-state index in [1.54, 1.807) is 6.26 Å². The van der Waals surface area contributed by atoms with Crippen LogP contribution in [-0.2, 0) is 11.2 Å². The van der Waals surface area contributed by atoms with Gasteiger partial charge in [-0.1, -0.05) is 24.3 Å². The molecule has 194 valence electrons. The zero-order valence-electron chi connectivity index (χ0n) is 20.4. The minimum atomic E-state index is -0.577. The van der Waals surface area contributed by atoms with Crippen LogP contribution in [0.3, 0.4) is 0 Å². The number of nitrogens with zero attached hydrogens (tertiary/aromatic N) is 3. The van der Waals surface area contributed by atoms with Crippen molar-refractivity contribution >= 4 is 28.6 Å². The molecule has 2 aromatic carbocycles. The normalized spacial score (nSPS) is 22.3. The van der Waals surface area contributed by atoms with Crippen LogP contribution in [0.25, 0.3) is 11.1 Å². The van der Waals surface area contributed by atoms with E-state index in [1.807, 2.05) is 6.07 Å². The van der Waals surface area contributed by atoms with Crippen molar-refractivity contribution in [1.29, 1.82) is 0 Å². The summed E-state index contributed by atoms with van der Waals surface area (Å²) < 4.78 is 11.7. The van der Waals surface area contributed by atoms with Gasteiger partial charge in [0.1, 0.15) is 17.9 Å². The number of rotatable bonds is 7. The predicted molar refractivity (Wildman–Crippen MR) is 138 cm³/mol. The standard InChI is InChI=1S/C28H26N4O6/c33-13-19-11-18(12-24(19)38-28(34)17-5-8-20(9-6-17)32(35)36)22-14-37-26-25(22)29-15-30-27(26)31-23-10-7-16-3-1-2-4-21(16)23/h1-6,8-9,14-15,18-19,23-24,33H,7,10-13H2,(H,29,30,31)/t18-,19+,23+,24+/m1/s1. The van der Waals surface area contributed by atoms with E-state index in [2.05, 4.69) is 33.5 Å². The Hall–Kier alpha value is -4.31. The number of hydrogen-bond acceptors (Lipinski definition) is 9. The number of fused-ring (bicyclic) bond motifs is 2. The van der Waals surface area contributed by atoms with Crippen LogP contribution in [0.5, 0.6) is 0 Å². The van der Waals surface area contributed by atoms with Crippen LogP contribution in [0.4, 0.5) is 11.5 Å². The summed E-state index contributed by atoms with van der Waals surface area (Å²) in [6.45, 7) is -0.132. The molecule has 4 aromatic rings. The monoisotopic (exact) mass is 514 g/mol. The number of hydrogen-bond donors (Lipinski definition) is 2. The third-order valence-electron chi connectivity index (χ3n) is 7.70. The van der Waals surface area contributed by atoms with Gasteiger partial charge in [0.25, 0.3) is 5.69 Å². The maximum absolute atomic E-state index is 12.7. The van der Waals surface area contributed by atoms with Crippen LogP contribution in [0.2, 0.25) is 0 Å². The van der Waals surface area contributed by atoms with Crippen LogP contribution in [0.15, 0.2) is 65.5 Å². The number of aryl methyl sites for hydroxylation is 1. The largest absolute Gasteiger partial charge is 0.458 e. The molecule has 6 rings (SSSR count). The van der Waals surface area contributed by atoms with E-state index >= 15 is 0 Å². The van der Waals surface area contributed by atoms with Crippen LogP contribution in [-0.4, -0.2) is 38.7 Å². The summed E-state index contributed by atoms with van der Waals surface area (Å²) in [5.41, 5.74) is 4.91. The van der Waals surface area contributed by atoms with Crippen LogP contribution in [0.1, 0.15) is 58.3 Å². The lowest BCUT2D eigenvalue weighted by molar-refractivity contribution is -0.384. The summed E-state index contributed by atoms with van der Waals surface area (Å²) in [4.78, 5) is 32.0. The average molecular weight is 515 g/mol. The maximum atomic E-state index is 12.7. The second kappa shape index (κ2) is 9.86. The molecule has 0 amide bonds. The second-order valence-corrected chi connectivity index (χ2v) is 9.88. The van der Waals surface area contributed by atoms with Crippen LogP contribution < -0.4 is 5.32 Å². The number of carbonyl (C=O) groups excluding carboxylic acids is 1. The number of nitro benzene ring substituents is 1. The second-order valence-electron chi connectivity index (χ2n) is 9.88. The van der Waals surface area contributed by atoms with Crippen molar-refractivity contribution in [3.63, 3.8) is 0 Å². The number of benzene rings is 2. The van der Waals surface area contributed by atoms with Crippen molar-refractivity contribution in [1.82, 2.24) is 9.97 Å². The summed E-state index contributed by atoms with van der Waals surface area (Å²) in [6.07, 6.45) is 5.79. The minimum Gasteiger partial charge on any atom is -0.458 e. The molecule has 2 N–H and O–H groups in total. The fourth-order valence-corrected chi connectivity index (χ4v) is 5.74. The third-order valence-corrected chi connectivity index (χ3v) is 7.70. The van der Waals surface area contributed by atoms with E-state index in [0.29, 0.717) is 29.8 Å². The fourth-order valence-electron chi connectivity index (χ4n) is 5.74. The molecule has 2 aromatic heterocycles. The number of esters is 1. The Kier molecular flexibility index (Phi) is 6.24. The van der Waals surface area contributed by atoms with Gasteiger partial charge < -0.3 is 19.6 Å². The van der Waals surface area contributed by atoms with E-state index in [0.717, 1.165) is 18.4 Å². The number of non-ortho nitro benzene ring substituents is 1. The van der Waals surface area contributed by atoms with Crippen molar-refractivity contribution in [3.05, 3.63) is 93.5 Å². The molecule has 0 unspecified atom stereocenters. The topological polar surface area (TPSA) is 141 Å². The molecule has 10 nitrogen and oxygen atoms in total. The summed E-state index contributed by atoms with van der Waals surface area (Å²) in [6, 6.07) is 13.8. The summed E-state index contributed by atoms with van der Waals surface area (Å²) in [5.74, 6) is -0.216. The molecular formula is C28H26N4O6. The Morgan fingerprint density at radius 1 is 1.13 bits per heavy atom. The Morgan fingerprint density at radius 3 is 2.74 bits per heavy atom. The highest BCUT2D eigenvalue weighted by Crippen LogP contribution is 2.44. The molecule has 2 heterocycles. The fraction of sp³-hybridized carbons (Fsp3) is 0.321. The van der Waals surface area contributed by atoms with Gasteiger partial charge in [0.05, 0.1) is 22.8 Å². The van der Waals surface area contributed by atoms with E-state index in [-0.39, 0.29) is 35.7 Å². The zero-order chi connectivity index (χ0) is 26.2. The number of carbonyl (C=O) groups is 1. The van der Waals surface area contributed by atoms with Gasteiger partial charge in [-0.3, -0.25) is 10.1 Å². The first-order valence-electron chi connectivity index (χ1n) is 12.6. The van der Waals surface area contributed by atoms with Gasteiger partial charge in [-0.05, 0) is 54.9 Å². The molecule has 2 aliphatic carbocycles. The number of nitro groups is 1. The minimum absolute atomic E-state index is 0.0296. The molecule has 0 saturated heterocycles. The lowest BCUT2D eigenvalue weighted by Gasteiger charge is -2.17. The summed E-state index contributed by atoms with van der Waals surface area (Å²) in [5, 5.41) is 24.4. The van der Waals surface area contributed by atoms with Crippen molar-refractivity contribution < 1.29 is 24.0 Å². The first-order valence-corrected chi connectivity index (χ1v) is 12.6. The lowest BCUT2D eigenvalue weighted by atomic mass is 9.98. The van der Waals surface area contributed by atoms with Crippen LogP contribution in [0, 0.1) is 16.0 Å². The smallest absolute Gasteiger partial charge is 0.338 e. The molecule has 0 aliphatic heterocycles. The van der Waals surface area contributed by atoms with Gasteiger partial charge in [0.2, 0.25) is 0 Å². The van der Waals surface area contributed by atoms with Gasteiger partial charge in [-0.15, -0.1) is 0 Å². The lowest BCUT2D eigenvalue weighted by Crippen LogP contribution is -2.24. The van der Waals surface area contributed by atoms with Gasteiger partial charge >= 0.3 is 5.97 Å². The Labute approximate surface area is 217 Å². The van der Waals surface area contributed by atoms with E-state index in [1.165, 1.54) is 41.7 Å². The Balaban J connectivity index is 1.19. The highest BCUT2D eigenvalue weighted by atomic mass is 16.6. The van der Waals surface area contributed by atoms with Gasteiger partial charge in [0, 0.05) is 30.2 Å². The molecule has 1 saturated carbocycles. The number of anilines is 1. The number of nitrogens with one attached hydrogen (secondary N) is 1. The quantitative estimate of drug-likeness (QED) is 0.199. The van der Waals surface area contributed by atoms with E-state index < -0.39 is 17.0 Å². The van der Waals surface area contributed by atoms with Gasteiger partial charge in [0.15, 0.2) is 11.4 Å². The number of furan rings is 1. The highest BCUT2D eigenvalue weighted by Gasteiger charge is 2.39. The number of aliphatic hydroxyl groups excluding tert-OH is 1. The van der Waals surface area contributed by atoms with Gasteiger partial charge in [-0.2, -0.15) is 0 Å². The SMILES string of the molecule is O=C(O[C@H]1C[C@H](c2coc3c(N[C@H]4CCc5ccccc54)ncnc23)C[C@H]1CO)c1ccc([N+](=O)[O-])cc1. The van der Waals surface area contributed by atoms with Crippen molar-refractivity contribution in [2.75, 3.05) is 11.9 Å². The van der Waals surface area contributed by atoms with Crippen molar-refractivity contribution in [2.45, 2.75) is 43.7 Å². The zero-order valence-corrected chi connectivity index (χ0v) is 20.4. The molecule has 2 aliphatic rings. The molecule has 0 bridgehead atoms. The Morgan fingerprint density at radius 2 is 1.95 bits per heavy atom. The van der Waals surface area contributed by atoms with E-state index in [4.69, 9.17) is 9.15 Å². The molecule has 38 heavy (non-hydrogen) atoms. The first-order chi connectivity index (χ1) is 18.5. The molecule has 10 heteroatoms. The average Bonchev–Trinajstić information content (AvgIpc) is 3.66. The number of aliphatic hydroxyl groups is 1. The predicted octanol–water partition coefficient (Wildman–Crippen LogP) is 4.94. The number of ether oxygens (including phenoxy) is 1. The summed E-state index contributed by atoms with van der Waals surface area (Å²) >= 11 is 0.